The van der Waals surface area contributed by atoms with E-state index in [0.29, 0.717) is 5.69 Å². The van der Waals surface area contributed by atoms with Gasteiger partial charge < -0.3 is 4.90 Å². The molecule has 0 atom stereocenters. The number of anilines is 1. The zero-order chi connectivity index (χ0) is 14.7. The number of hydrogen-bond acceptors (Lipinski definition) is 7. The van der Waals surface area contributed by atoms with Gasteiger partial charge in [-0.05, 0) is 48.4 Å². The second-order valence-corrected chi connectivity index (χ2v) is 5.64. The molecule has 0 spiro atoms. The normalized spacial score (nSPS) is 15.0. The Balaban J connectivity index is 1.69. The SMILES string of the molecule is O=[N+]([O-])c1cnc(N=Nc2ccc(N3CCCC3)cc2)s1. The fourth-order valence-corrected chi connectivity index (χ4v) is 2.75. The van der Waals surface area contributed by atoms with Crippen LogP contribution in [0, 0.1) is 10.1 Å². The predicted molar refractivity (Wildman–Crippen MR) is 80.8 cm³/mol. The Kier molecular flexibility index (Phi) is 3.87. The van der Waals surface area contributed by atoms with Gasteiger partial charge in [0.15, 0.2) is 0 Å². The Morgan fingerprint density at radius 2 is 1.90 bits per heavy atom. The summed E-state index contributed by atoms with van der Waals surface area (Å²) in [7, 11) is 0. The molecule has 0 radical (unpaired) electrons. The van der Waals surface area contributed by atoms with E-state index in [9.17, 15) is 10.1 Å². The van der Waals surface area contributed by atoms with Gasteiger partial charge in [-0.15, -0.1) is 10.2 Å². The highest BCUT2D eigenvalue weighted by Crippen LogP contribution is 2.29. The summed E-state index contributed by atoms with van der Waals surface area (Å²) in [6.07, 6.45) is 3.67. The summed E-state index contributed by atoms with van der Waals surface area (Å²) < 4.78 is 0. The lowest BCUT2D eigenvalue weighted by molar-refractivity contribution is -0.380. The van der Waals surface area contributed by atoms with Gasteiger partial charge in [0.1, 0.15) is 6.20 Å². The smallest absolute Gasteiger partial charge is 0.345 e. The molecule has 108 valence electrons. The molecule has 1 saturated heterocycles. The van der Waals surface area contributed by atoms with Crippen molar-refractivity contribution in [1.29, 1.82) is 0 Å². The molecule has 3 rings (SSSR count). The maximum atomic E-state index is 10.6. The van der Waals surface area contributed by atoms with Gasteiger partial charge in [-0.3, -0.25) is 10.1 Å². The number of benzene rings is 1. The molecule has 1 aliphatic rings. The Bertz CT molecular complexity index is 661. The van der Waals surface area contributed by atoms with Gasteiger partial charge in [0.25, 0.3) is 0 Å². The van der Waals surface area contributed by atoms with Gasteiger partial charge in [0.2, 0.25) is 5.13 Å². The van der Waals surface area contributed by atoms with Crippen LogP contribution in [0.1, 0.15) is 12.8 Å². The number of aromatic nitrogens is 1. The highest BCUT2D eigenvalue weighted by atomic mass is 32.1. The van der Waals surface area contributed by atoms with E-state index in [1.54, 1.807) is 0 Å². The Hall–Kier alpha value is -2.35. The fourth-order valence-electron chi connectivity index (χ4n) is 2.19. The second kappa shape index (κ2) is 5.96. The molecule has 0 bridgehead atoms. The van der Waals surface area contributed by atoms with Crippen LogP contribution >= 0.6 is 11.3 Å². The summed E-state index contributed by atoms with van der Waals surface area (Å²) in [5.41, 5.74) is 1.90. The van der Waals surface area contributed by atoms with E-state index >= 15 is 0 Å². The molecule has 0 N–H and O–H groups in total. The van der Waals surface area contributed by atoms with E-state index in [2.05, 4.69) is 20.1 Å². The van der Waals surface area contributed by atoms with Crippen molar-refractivity contribution in [2.75, 3.05) is 18.0 Å². The minimum Gasteiger partial charge on any atom is -0.372 e. The van der Waals surface area contributed by atoms with Crippen molar-refractivity contribution < 1.29 is 4.92 Å². The first kappa shape index (κ1) is 13.6. The van der Waals surface area contributed by atoms with Crippen LogP contribution in [0.2, 0.25) is 0 Å². The van der Waals surface area contributed by atoms with Crippen molar-refractivity contribution in [3.63, 3.8) is 0 Å². The summed E-state index contributed by atoms with van der Waals surface area (Å²) in [6, 6.07) is 7.81. The molecule has 1 aromatic carbocycles. The number of nitro groups is 1. The Morgan fingerprint density at radius 1 is 1.19 bits per heavy atom. The standard InChI is InChI=1S/C13H13N5O2S/c19-18(20)12-9-14-13(21-12)16-15-10-3-5-11(6-4-10)17-7-1-2-8-17/h3-6,9H,1-2,7-8H2. The highest BCUT2D eigenvalue weighted by Gasteiger charge is 2.12. The van der Waals surface area contributed by atoms with Gasteiger partial charge in [-0.2, -0.15) is 0 Å². The summed E-state index contributed by atoms with van der Waals surface area (Å²) in [5.74, 6) is 0. The zero-order valence-electron chi connectivity index (χ0n) is 11.2. The molecular weight excluding hydrogens is 290 g/mol. The minimum atomic E-state index is -0.485. The first-order chi connectivity index (χ1) is 10.2. The van der Waals surface area contributed by atoms with Gasteiger partial charge in [-0.25, -0.2) is 4.98 Å². The molecule has 2 aromatic rings. The van der Waals surface area contributed by atoms with Crippen LogP contribution < -0.4 is 4.90 Å². The second-order valence-electron chi connectivity index (χ2n) is 4.65. The average molecular weight is 303 g/mol. The summed E-state index contributed by atoms with van der Waals surface area (Å²) in [4.78, 5) is 16.2. The Morgan fingerprint density at radius 3 is 2.52 bits per heavy atom. The van der Waals surface area contributed by atoms with Crippen LogP contribution in [-0.4, -0.2) is 23.0 Å². The third-order valence-electron chi connectivity index (χ3n) is 3.23. The van der Waals surface area contributed by atoms with E-state index < -0.39 is 4.92 Å². The molecule has 0 saturated carbocycles. The quantitative estimate of drug-likeness (QED) is 0.484. The number of thiazole rings is 1. The van der Waals surface area contributed by atoms with Crippen LogP contribution in [0.25, 0.3) is 0 Å². The summed E-state index contributed by atoms with van der Waals surface area (Å²) >= 11 is 0.905. The van der Waals surface area contributed by atoms with Crippen molar-refractivity contribution in [2.24, 2.45) is 10.2 Å². The van der Waals surface area contributed by atoms with Crippen molar-refractivity contribution in [3.05, 3.63) is 40.6 Å². The lowest BCUT2D eigenvalue weighted by Gasteiger charge is -2.17. The van der Waals surface area contributed by atoms with Crippen LogP contribution in [0.5, 0.6) is 0 Å². The highest BCUT2D eigenvalue weighted by molar-refractivity contribution is 7.18. The minimum absolute atomic E-state index is 0.0340. The van der Waals surface area contributed by atoms with Crippen LogP contribution in [-0.2, 0) is 0 Å². The van der Waals surface area contributed by atoms with Crippen LogP contribution in [0.3, 0.4) is 0 Å². The molecule has 21 heavy (non-hydrogen) atoms. The molecule has 0 unspecified atom stereocenters. The summed E-state index contributed by atoms with van der Waals surface area (Å²) in [6.45, 7) is 2.20. The van der Waals surface area contributed by atoms with Gasteiger partial charge >= 0.3 is 5.00 Å². The van der Waals surface area contributed by atoms with E-state index in [-0.39, 0.29) is 10.1 Å². The van der Waals surface area contributed by atoms with Crippen molar-refractivity contribution >= 4 is 32.8 Å². The molecule has 2 heterocycles. The van der Waals surface area contributed by atoms with Crippen LogP contribution in [0.4, 0.5) is 21.5 Å². The molecule has 7 nitrogen and oxygen atoms in total. The molecule has 0 amide bonds. The first-order valence-electron chi connectivity index (χ1n) is 6.59. The van der Waals surface area contributed by atoms with E-state index in [0.717, 1.165) is 24.4 Å². The lowest BCUT2D eigenvalue weighted by atomic mass is 10.2. The van der Waals surface area contributed by atoms with Gasteiger partial charge in [0.05, 0.1) is 10.6 Å². The van der Waals surface area contributed by atoms with Gasteiger partial charge in [0, 0.05) is 18.8 Å². The molecule has 0 aliphatic carbocycles. The number of nitrogens with zero attached hydrogens (tertiary/aromatic N) is 5. The molecule has 8 heteroatoms. The van der Waals surface area contributed by atoms with Crippen molar-refractivity contribution in [3.8, 4) is 0 Å². The lowest BCUT2D eigenvalue weighted by Crippen LogP contribution is -2.17. The maximum Gasteiger partial charge on any atom is 0.345 e. The van der Waals surface area contributed by atoms with E-state index in [1.165, 1.54) is 24.7 Å². The number of azo groups is 1. The monoisotopic (exact) mass is 303 g/mol. The largest absolute Gasteiger partial charge is 0.372 e. The van der Waals surface area contributed by atoms with E-state index in [1.807, 2.05) is 24.3 Å². The molecule has 1 aromatic heterocycles. The molecular formula is C13H13N5O2S. The maximum absolute atomic E-state index is 10.6. The number of rotatable bonds is 4. The van der Waals surface area contributed by atoms with E-state index in [4.69, 9.17) is 0 Å². The van der Waals surface area contributed by atoms with Crippen molar-refractivity contribution in [1.82, 2.24) is 4.98 Å². The number of hydrogen-bond donors (Lipinski definition) is 0. The Labute approximate surface area is 125 Å². The van der Waals surface area contributed by atoms with Crippen molar-refractivity contribution in [2.45, 2.75) is 12.8 Å². The first-order valence-corrected chi connectivity index (χ1v) is 7.41. The van der Waals surface area contributed by atoms with Gasteiger partial charge in [-0.1, -0.05) is 0 Å². The topological polar surface area (TPSA) is 84.0 Å². The van der Waals surface area contributed by atoms with Crippen LogP contribution in [0.15, 0.2) is 40.7 Å². The predicted octanol–water partition coefficient (Wildman–Crippen LogP) is 4.07. The average Bonchev–Trinajstić information content (AvgIpc) is 3.17. The third kappa shape index (κ3) is 3.22. The molecule has 1 aliphatic heterocycles. The third-order valence-corrected chi connectivity index (χ3v) is 4.07. The fraction of sp³-hybridized carbons (Fsp3) is 0.308. The molecule has 1 fully saturated rings. The zero-order valence-corrected chi connectivity index (χ0v) is 12.0. The summed E-state index contributed by atoms with van der Waals surface area (Å²) in [5, 5.41) is 18.8.